The second-order valence-corrected chi connectivity index (χ2v) is 8.09. The molecule has 0 atom stereocenters. The Balaban J connectivity index is 1.60. The number of carbonyl (C=O) groups is 1. The predicted octanol–water partition coefficient (Wildman–Crippen LogP) is 1.79. The predicted molar refractivity (Wildman–Crippen MR) is 113 cm³/mol. The van der Waals surface area contributed by atoms with Gasteiger partial charge in [0.15, 0.2) is 5.56 Å². The molecule has 3 aromatic heterocycles. The van der Waals surface area contributed by atoms with Gasteiger partial charge in [-0.05, 0) is 42.7 Å². The molecule has 9 nitrogen and oxygen atoms in total. The molecule has 0 aliphatic heterocycles. The molecule has 0 spiro atoms. The number of carbonyl (C=O) groups excluding carboxylic acids is 1. The SMILES string of the molecule is COc1cc2nn(C3CCC(CO)CC3)cc2cc1-n1cc(C(N)=O)c2nccc[n+]21. The van der Waals surface area contributed by atoms with Crippen molar-refractivity contribution in [2.75, 3.05) is 13.7 Å². The Kier molecular flexibility index (Phi) is 4.82. The molecular formula is C22H25N6O3+. The minimum absolute atomic E-state index is 0.263. The number of nitrogens with two attached hydrogens (primary N) is 1. The van der Waals surface area contributed by atoms with E-state index in [1.54, 1.807) is 30.1 Å². The average molecular weight is 421 g/mol. The maximum absolute atomic E-state index is 11.9. The lowest BCUT2D eigenvalue weighted by atomic mass is 9.87. The van der Waals surface area contributed by atoms with Crippen LogP contribution >= 0.6 is 0 Å². The fourth-order valence-corrected chi connectivity index (χ4v) is 4.51. The zero-order valence-electron chi connectivity index (χ0n) is 17.3. The minimum atomic E-state index is -0.540. The zero-order valence-corrected chi connectivity index (χ0v) is 17.3. The summed E-state index contributed by atoms with van der Waals surface area (Å²) in [5.41, 5.74) is 7.99. The number of aliphatic hydroxyl groups excluding tert-OH is 1. The van der Waals surface area contributed by atoms with E-state index in [4.69, 9.17) is 15.6 Å². The summed E-state index contributed by atoms with van der Waals surface area (Å²) < 4.78 is 11.3. The van der Waals surface area contributed by atoms with Crippen LogP contribution in [0.1, 0.15) is 42.1 Å². The number of amides is 1. The molecule has 1 fully saturated rings. The van der Waals surface area contributed by atoms with Crippen molar-refractivity contribution in [3.63, 3.8) is 0 Å². The van der Waals surface area contributed by atoms with Gasteiger partial charge in [-0.15, -0.1) is 4.52 Å². The van der Waals surface area contributed by atoms with Crippen molar-refractivity contribution < 1.29 is 19.2 Å². The van der Waals surface area contributed by atoms with Crippen molar-refractivity contribution in [3.05, 3.63) is 48.5 Å². The molecule has 5 rings (SSSR count). The van der Waals surface area contributed by atoms with Gasteiger partial charge in [0.05, 0.1) is 24.9 Å². The van der Waals surface area contributed by atoms with Crippen LogP contribution in [0, 0.1) is 5.92 Å². The van der Waals surface area contributed by atoms with Gasteiger partial charge in [-0.1, -0.05) is 0 Å². The third-order valence-corrected chi connectivity index (χ3v) is 6.24. The fraction of sp³-hybridized carbons (Fsp3) is 0.364. The van der Waals surface area contributed by atoms with E-state index >= 15 is 0 Å². The number of hydrogen-bond donors (Lipinski definition) is 2. The molecule has 3 N–H and O–H groups in total. The van der Waals surface area contributed by atoms with Crippen molar-refractivity contribution in [2.45, 2.75) is 31.7 Å². The Hall–Kier alpha value is -3.46. The second-order valence-electron chi connectivity index (χ2n) is 8.09. The first-order valence-corrected chi connectivity index (χ1v) is 10.4. The number of aliphatic hydroxyl groups is 1. The minimum Gasteiger partial charge on any atom is -0.494 e. The van der Waals surface area contributed by atoms with E-state index in [9.17, 15) is 9.90 Å². The van der Waals surface area contributed by atoms with E-state index in [2.05, 4.69) is 11.2 Å². The van der Waals surface area contributed by atoms with Gasteiger partial charge in [-0.2, -0.15) is 9.78 Å². The highest BCUT2D eigenvalue weighted by atomic mass is 16.5. The van der Waals surface area contributed by atoms with Gasteiger partial charge in [-0.3, -0.25) is 9.48 Å². The maximum atomic E-state index is 11.9. The van der Waals surface area contributed by atoms with E-state index in [1.807, 2.05) is 27.7 Å². The molecule has 1 saturated carbocycles. The van der Waals surface area contributed by atoms with Crippen LogP contribution < -0.4 is 15.0 Å². The normalized spacial score (nSPS) is 19.2. The van der Waals surface area contributed by atoms with Gasteiger partial charge in [0.2, 0.25) is 0 Å². The van der Waals surface area contributed by atoms with Crippen molar-refractivity contribution in [1.29, 1.82) is 0 Å². The summed E-state index contributed by atoms with van der Waals surface area (Å²) in [5.74, 6) is 0.493. The highest BCUT2D eigenvalue weighted by Gasteiger charge is 2.25. The number of methoxy groups -OCH3 is 1. The summed E-state index contributed by atoms with van der Waals surface area (Å²) in [6.45, 7) is 0.263. The molecule has 4 aromatic rings. The Labute approximate surface area is 178 Å². The van der Waals surface area contributed by atoms with E-state index < -0.39 is 5.91 Å². The van der Waals surface area contributed by atoms with E-state index in [1.165, 1.54) is 0 Å². The summed E-state index contributed by atoms with van der Waals surface area (Å²) in [6, 6.07) is 6.03. The number of aromatic nitrogens is 5. The highest BCUT2D eigenvalue weighted by molar-refractivity contribution is 5.97. The van der Waals surface area contributed by atoms with Gasteiger partial charge >= 0.3 is 5.65 Å². The number of fused-ring (bicyclic) bond motifs is 2. The lowest BCUT2D eigenvalue weighted by Crippen LogP contribution is -2.31. The molecule has 0 radical (unpaired) electrons. The molecule has 1 amide bonds. The summed E-state index contributed by atoms with van der Waals surface area (Å²) >= 11 is 0. The van der Waals surface area contributed by atoms with Crippen LogP contribution in [0.4, 0.5) is 0 Å². The molecule has 160 valence electrons. The van der Waals surface area contributed by atoms with Gasteiger partial charge in [0, 0.05) is 30.3 Å². The molecule has 3 heterocycles. The van der Waals surface area contributed by atoms with Crippen LogP contribution in [0.3, 0.4) is 0 Å². The molecular weight excluding hydrogens is 396 g/mol. The zero-order chi connectivity index (χ0) is 21.5. The van der Waals surface area contributed by atoms with Crippen molar-refractivity contribution >= 4 is 22.5 Å². The lowest BCUT2D eigenvalue weighted by molar-refractivity contribution is -0.600. The van der Waals surface area contributed by atoms with Crippen molar-refractivity contribution in [1.82, 2.24) is 19.4 Å². The third-order valence-electron chi connectivity index (χ3n) is 6.24. The Morgan fingerprint density at radius 3 is 2.81 bits per heavy atom. The number of rotatable bonds is 5. The number of benzene rings is 1. The Morgan fingerprint density at radius 1 is 1.29 bits per heavy atom. The van der Waals surface area contributed by atoms with Gasteiger partial charge in [-0.25, -0.2) is 0 Å². The van der Waals surface area contributed by atoms with E-state index in [0.717, 1.165) is 42.3 Å². The molecule has 0 saturated heterocycles. The first kappa shape index (κ1) is 19.5. The Bertz CT molecular complexity index is 1270. The second kappa shape index (κ2) is 7.66. The summed E-state index contributed by atoms with van der Waals surface area (Å²) in [7, 11) is 1.61. The summed E-state index contributed by atoms with van der Waals surface area (Å²) in [5, 5.41) is 15.2. The fourth-order valence-electron chi connectivity index (χ4n) is 4.51. The smallest absolute Gasteiger partial charge is 0.361 e. The number of primary amides is 1. The topological polar surface area (TPSA) is 112 Å². The van der Waals surface area contributed by atoms with Crippen LogP contribution in [-0.2, 0) is 0 Å². The molecule has 1 aliphatic carbocycles. The summed E-state index contributed by atoms with van der Waals surface area (Å²) in [4.78, 5) is 16.3. The number of nitrogens with zero attached hydrogens (tertiary/aromatic N) is 5. The van der Waals surface area contributed by atoms with Gasteiger partial charge < -0.3 is 15.6 Å². The number of ether oxygens (including phenoxy) is 1. The largest absolute Gasteiger partial charge is 0.494 e. The van der Waals surface area contributed by atoms with Crippen LogP contribution in [0.5, 0.6) is 5.75 Å². The van der Waals surface area contributed by atoms with Crippen molar-refractivity contribution in [3.8, 4) is 11.4 Å². The third kappa shape index (κ3) is 3.31. The van der Waals surface area contributed by atoms with E-state index in [0.29, 0.717) is 28.9 Å². The van der Waals surface area contributed by atoms with Gasteiger partial charge in [0.1, 0.15) is 23.8 Å². The molecule has 9 heteroatoms. The molecule has 31 heavy (non-hydrogen) atoms. The maximum Gasteiger partial charge on any atom is 0.361 e. The van der Waals surface area contributed by atoms with Crippen LogP contribution in [0.25, 0.3) is 22.2 Å². The van der Waals surface area contributed by atoms with E-state index in [-0.39, 0.29) is 6.61 Å². The van der Waals surface area contributed by atoms with Crippen LogP contribution in [-0.4, -0.2) is 44.2 Å². The first-order chi connectivity index (χ1) is 15.1. The molecule has 1 aromatic carbocycles. The van der Waals surface area contributed by atoms with Crippen LogP contribution in [0.2, 0.25) is 0 Å². The quantitative estimate of drug-likeness (QED) is 0.477. The highest BCUT2D eigenvalue weighted by Crippen LogP contribution is 2.34. The van der Waals surface area contributed by atoms with Crippen molar-refractivity contribution in [2.24, 2.45) is 11.7 Å². The summed E-state index contributed by atoms with van der Waals surface area (Å²) in [6.07, 6.45) is 11.2. The molecule has 0 unspecified atom stereocenters. The Morgan fingerprint density at radius 2 is 2.10 bits per heavy atom. The monoisotopic (exact) mass is 421 g/mol. The average Bonchev–Trinajstić information content (AvgIpc) is 3.39. The number of hydrogen-bond acceptors (Lipinski definition) is 5. The van der Waals surface area contributed by atoms with Crippen LogP contribution in [0.15, 0.2) is 43.0 Å². The molecule has 0 bridgehead atoms. The van der Waals surface area contributed by atoms with Gasteiger partial charge in [0.25, 0.3) is 5.91 Å². The lowest BCUT2D eigenvalue weighted by Gasteiger charge is -2.27. The molecule has 1 aliphatic rings. The first-order valence-electron chi connectivity index (χ1n) is 10.4. The standard InChI is InChI=1S/C22H24N6O3/c1-31-20-10-18-15(11-26(25-18)16-5-3-14(13-29)4-6-16)9-19(20)28-12-17(21(23)30)22-24-7-2-8-27(22)28/h2,7-12,14,16,29H,3-6,13H2,1H3,(H-,23,30)/p+1.